The van der Waals surface area contributed by atoms with Gasteiger partial charge in [-0.3, -0.25) is 0 Å². The smallest absolute Gasteiger partial charge is 0.231 e. The van der Waals surface area contributed by atoms with Crippen LogP contribution in [0.15, 0.2) is 30.4 Å². The Morgan fingerprint density at radius 1 is 1.27 bits per heavy atom. The molecule has 0 N–H and O–H groups in total. The maximum absolute atomic E-state index is 5.39. The fourth-order valence-electron chi connectivity index (χ4n) is 2.26. The quantitative estimate of drug-likeness (QED) is 0.652. The summed E-state index contributed by atoms with van der Waals surface area (Å²) in [6.45, 7) is 6.70. The molecule has 1 aromatic rings. The molecule has 0 unspecified atom stereocenters. The number of benzene rings is 1. The number of hydrogen-bond acceptors (Lipinski definition) is 2. The molecule has 1 atom stereocenters. The molecule has 1 aromatic carbocycles. The van der Waals surface area contributed by atoms with E-state index in [9.17, 15) is 0 Å². The molecule has 3 rings (SSSR count). The third-order valence-corrected chi connectivity index (χ3v) is 3.72. The molecule has 2 nitrogen and oxygen atoms in total. The summed E-state index contributed by atoms with van der Waals surface area (Å²) in [5.41, 5.74) is 2.77. The first-order valence-corrected chi connectivity index (χ1v) is 5.28. The first-order chi connectivity index (χ1) is 7.20. The normalized spacial score (nSPS) is 27.7. The highest BCUT2D eigenvalue weighted by atomic mass is 16.7. The molecule has 78 valence electrons. The molecule has 0 amide bonds. The van der Waals surface area contributed by atoms with Crippen LogP contribution in [0.2, 0.25) is 0 Å². The van der Waals surface area contributed by atoms with Gasteiger partial charge in [-0.2, -0.15) is 0 Å². The van der Waals surface area contributed by atoms with Crippen LogP contribution in [0.5, 0.6) is 11.5 Å². The Bertz CT molecular complexity index is 436. The molecule has 2 heteroatoms. The Morgan fingerprint density at radius 2 is 2.07 bits per heavy atom. The second-order valence-electron chi connectivity index (χ2n) is 4.50. The monoisotopic (exact) mass is 202 g/mol. The van der Waals surface area contributed by atoms with Crippen LogP contribution in [0.3, 0.4) is 0 Å². The van der Waals surface area contributed by atoms with E-state index in [0.717, 1.165) is 17.9 Å². The molecule has 1 aliphatic carbocycles. The lowest BCUT2D eigenvalue weighted by Gasteiger charge is -2.41. The third-order valence-electron chi connectivity index (χ3n) is 3.72. The lowest BCUT2D eigenvalue weighted by atomic mass is 9.62. The lowest BCUT2D eigenvalue weighted by Crippen LogP contribution is -2.33. The van der Waals surface area contributed by atoms with Gasteiger partial charge in [-0.25, -0.2) is 0 Å². The second kappa shape index (κ2) is 2.78. The average molecular weight is 202 g/mol. The summed E-state index contributed by atoms with van der Waals surface area (Å²) in [6.07, 6.45) is 2.33. The zero-order chi connectivity index (χ0) is 10.5. The largest absolute Gasteiger partial charge is 0.454 e. The first-order valence-electron chi connectivity index (χ1n) is 5.28. The topological polar surface area (TPSA) is 18.5 Å². The molecule has 15 heavy (non-hydrogen) atoms. The average Bonchev–Trinajstić information content (AvgIpc) is 2.72. The van der Waals surface area contributed by atoms with Crippen molar-refractivity contribution in [1.29, 1.82) is 0 Å². The summed E-state index contributed by atoms with van der Waals surface area (Å²) in [5, 5.41) is 0. The van der Waals surface area contributed by atoms with E-state index in [1.54, 1.807) is 0 Å². The van der Waals surface area contributed by atoms with E-state index >= 15 is 0 Å². The molecule has 0 saturated heterocycles. The van der Waals surface area contributed by atoms with Gasteiger partial charge in [0.2, 0.25) is 6.79 Å². The summed E-state index contributed by atoms with van der Waals surface area (Å²) in [7, 11) is 0. The van der Waals surface area contributed by atoms with Crippen LogP contribution in [0, 0.1) is 0 Å². The van der Waals surface area contributed by atoms with Crippen molar-refractivity contribution in [2.24, 2.45) is 0 Å². The van der Waals surface area contributed by atoms with Crippen molar-refractivity contribution in [2.75, 3.05) is 6.79 Å². The van der Waals surface area contributed by atoms with E-state index < -0.39 is 0 Å². The predicted molar refractivity (Wildman–Crippen MR) is 58.3 cm³/mol. The molecule has 0 bridgehead atoms. The maximum atomic E-state index is 5.39. The number of fused-ring (bicyclic) bond motifs is 1. The molecule has 0 aromatic heterocycles. The van der Waals surface area contributed by atoms with Crippen molar-refractivity contribution in [1.82, 2.24) is 0 Å². The molecule has 1 saturated carbocycles. The standard InChI is InChI=1S/C13H14O2/c1-9-5-6-13(9,2)10-3-4-11-12(7-10)15-8-14-11/h3-4,7H,1,5-6,8H2,2H3/t13-/m1/s1. The lowest BCUT2D eigenvalue weighted by molar-refractivity contribution is 0.174. The van der Waals surface area contributed by atoms with Gasteiger partial charge in [0.25, 0.3) is 0 Å². The Morgan fingerprint density at radius 3 is 2.73 bits per heavy atom. The van der Waals surface area contributed by atoms with Crippen LogP contribution in [-0.4, -0.2) is 6.79 Å². The maximum Gasteiger partial charge on any atom is 0.231 e. The van der Waals surface area contributed by atoms with Crippen LogP contribution in [0.25, 0.3) is 0 Å². The van der Waals surface area contributed by atoms with Crippen molar-refractivity contribution < 1.29 is 9.47 Å². The van der Waals surface area contributed by atoms with Gasteiger partial charge in [-0.05, 0) is 30.5 Å². The minimum absolute atomic E-state index is 0.154. The number of hydrogen-bond donors (Lipinski definition) is 0. The van der Waals surface area contributed by atoms with E-state index in [4.69, 9.17) is 9.47 Å². The van der Waals surface area contributed by atoms with Crippen molar-refractivity contribution >= 4 is 0 Å². The Hall–Kier alpha value is -1.44. The van der Waals surface area contributed by atoms with Crippen LogP contribution < -0.4 is 9.47 Å². The van der Waals surface area contributed by atoms with E-state index in [0.29, 0.717) is 6.79 Å². The number of rotatable bonds is 1. The van der Waals surface area contributed by atoms with Crippen LogP contribution >= 0.6 is 0 Å². The third kappa shape index (κ3) is 1.11. The highest BCUT2D eigenvalue weighted by Crippen LogP contribution is 2.49. The molecule has 1 fully saturated rings. The van der Waals surface area contributed by atoms with Crippen molar-refractivity contribution in [2.45, 2.75) is 25.2 Å². The fraction of sp³-hybridized carbons (Fsp3) is 0.385. The van der Waals surface area contributed by atoms with Gasteiger partial charge in [-0.1, -0.05) is 25.1 Å². The van der Waals surface area contributed by atoms with E-state index in [-0.39, 0.29) is 5.41 Å². The SMILES string of the molecule is C=C1CC[C@@]1(C)c1ccc2c(c1)OCO2. The highest BCUT2D eigenvalue weighted by molar-refractivity contribution is 5.50. The van der Waals surface area contributed by atoms with E-state index in [1.807, 2.05) is 6.07 Å². The van der Waals surface area contributed by atoms with Crippen molar-refractivity contribution in [3.8, 4) is 11.5 Å². The summed E-state index contributed by atoms with van der Waals surface area (Å²) < 4.78 is 10.7. The molecule has 0 radical (unpaired) electrons. The highest BCUT2D eigenvalue weighted by Gasteiger charge is 2.38. The molecular formula is C13H14O2. The van der Waals surface area contributed by atoms with Gasteiger partial charge in [0, 0.05) is 5.41 Å². The number of allylic oxidation sites excluding steroid dienone is 1. The van der Waals surface area contributed by atoms with E-state index in [2.05, 4.69) is 25.6 Å². The van der Waals surface area contributed by atoms with Crippen molar-refractivity contribution in [3.05, 3.63) is 35.9 Å². The summed E-state index contributed by atoms with van der Waals surface area (Å²) in [6, 6.07) is 6.21. The molecular weight excluding hydrogens is 188 g/mol. The minimum Gasteiger partial charge on any atom is -0.454 e. The van der Waals surface area contributed by atoms with Gasteiger partial charge in [0.05, 0.1) is 0 Å². The molecule has 1 heterocycles. The summed E-state index contributed by atoms with van der Waals surface area (Å²) in [4.78, 5) is 0. The van der Waals surface area contributed by atoms with Gasteiger partial charge in [-0.15, -0.1) is 0 Å². The van der Waals surface area contributed by atoms with Gasteiger partial charge in [0.1, 0.15) is 0 Å². The van der Waals surface area contributed by atoms with Gasteiger partial charge >= 0.3 is 0 Å². The van der Waals surface area contributed by atoms with Crippen molar-refractivity contribution in [3.63, 3.8) is 0 Å². The zero-order valence-electron chi connectivity index (χ0n) is 8.88. The van der Waals surface area contributed by atoms with Crippen LogP contribution in [0.4, 0.5) is 0 Å². The molecule has 2 aliphatic rings. The van der Waals surface area contributed by atoms with Gasteiger partial charge < -0.3 is 9.47 Å². The Balaban J connectivity index is 2.03. The zero-order valence-corrected chi connectivity index (χ0v) is 8.88. The van der Waals surface area contributed by atoms with E-state index in [1.165, 1.54) is 17.6 Å². The van der Waals surface area contributed by atoms with Crippen LogP contribution in [0.1, 0.15) is 25.3 Å². The Labute approximate surface area is 89.5 Å². The number of ether oxygens (including phenoxy) is 2. The summed E-state index contributed by atoms with van der Waals surface area (Å²) >= 11 is 0. The van der Waals surface area contributed by atoms with Gasteiger partial charge in [0.15, 0.2) is 11.5 Å². The minimum atomic E-state index is 0.154. The second-order valence-corrected chi connectivity index (χ2v) is 4.50. The fourth-order valence-corrected chi connectivity index (χ4v) is 2.26. The molecule has 1 aliphatic heterocycles. The first kappa shape index (κ1) is 8.84. The van der Waals surface area contributed by atoms with Crippen LogP contribution in [-0.2, 0) is 5.41 Å². The predicted octanol–water partition coefficient (Wildman–Crippen LogP) is 3.02. The molecule has 0 spiro atoms. The Kier molecular flexibility index (Phi) is 1.64. The summed E-state index contributed by atoms with van der Waals surface area (Å²) in [5.74, 6) is 1.72.